The number of piperazine rings is 1. The highest BCUT2D eigenvalue weighted by molar-refractivity contribution is 7.14. The van der Waals surface area contributed by atoms with Crippen LogP contribution in [0, 0.1) is 5.92 Å². The molecule has 2 aliphatic rings. The molecule has 2 aliphatic heterocycles. The highest BCUT2D eigenvalue weighted by Gasteiger charge is 2.21. The van der Waals surface area contributed by atoms with Gasteiger partial charge in [0.1, 0.15) is 0 Å². The Hall–Kier alpha value is -1.31. The van der Waals surface area contributed by atoms with Crippen molar-refractivity contribution in [1.29, 1.82) is 0 Å². The molecule has 0 aromatic carbocycles. The number of guanidine groups is 1. The normalized spacial score (nSPS) is 21.3. The predicted molar refractivity (Wildman–Crippen MR) is 126 cm³/mol. The average molecular weight is 421 g/mol. The molecule has 0 aliphatic carbocycles. The van der Waals surface area contributed by atoms with Crippen molar-refractivity contribution in [3.63, 3.8) is 0 Å². The molecule has 1 unspecified atom stereocenters. The Bertz CT molecular complexity index is 588. The van der Waals surface area contributed by atoms with Gasteiger partial charge in [-0.3, -0.25) is 4.99 Å². The van der Waals surface area contributed by atoms with E-state index in [1.54, 1.807) is 0 Å². The monoisotopic (exact) mass is 420 g/mol. The van der Waals surface area contributed by atoms with Crippen LogP contribution in [0.15, 0.2) is 22.5 Å². The lowest BCUT2D eigenvalue weighted by atomic mass is 10.1. The van der Waals surface area contributed by atoms with Gasteiger partial charge in [0.2, 0.25) is 0 Å². The number of rotatable bonds is 8. The largest absolute Gasteiger partial charge is 0.363 e. The number of aliphatic imine (C=N–C) groups is 1. The minimum atomic E-state index is 0.515. The number of anilines is 1. The van der Waals surface area contributed by atoms with Crippen LogP contribution in [-0.4, -0.2) is 87.2 Å². The van der Waals surface area contributed by atoms with Gasteiger partial charge in [-0.2, -0.15) is 0 Å². The van der Waals surface area contributed by atoms with Crippen molar-refractivity contribution in [1.82, 2.24) is 20.4 Å². The molecular weight excluding hydrogens is 380 g/mol. The van der Waals surface area contributed by atoms with E-state index in [2.05, 4.69) is 63.6 Å². The quantitative estimate of drug-likeness (QED) is 0.500. The Balaban J connectivity index is 1.41. The molecule has 0 spiro atoms. The van der Waals surface area contributed by atoms with Gasteiger partial charge >= 0.3 is 0 Å². The summed E-state index contributed by atoms with van der Waals surface area (Å²) in [7, 11) is 0. The molecule has 0 bridgehead atoms. The zero-order valence-corrected chi connectivity index (χ0v) is 19.4. The number of nitrogens with one attached hydrogen (secondary N) is 2. The molecule has 3 rings (SSSR count). The second kappa shape index (κ2) is 11.8. The minimum Gasteiger partial charge on any atom is -0.363 e. The Labute approximate surface area is 181 Å². The summed E-state index contributed by atoms with van der Waals surface area (Å²) < 4.78 is 0. The molecule has 164 valence electrons. The van der Waals surface area contributed by atoms with Gasteiger partial charge in [0, 0.05) is 64.9 Å². The van der Waals surface area contributed by atoms with Gasteiger partial charge in [0.15, 0.2) is 5.96 Å². The second-order valence-corrected chi connectivity index (χ2v) is 9.34. The molecule has 2 saturated heterocycles. The number of likely N-dealkylation sites (N-methyl/N-ethyl adjacent to an activating group) is 1. The summed E-state index contributed by atoms with van der Waals surface area (Å²) in [6, 6.07) is 4.89. The third kappa shape index (κ3) is 7.15. The summed E-state index contributed by atoms with van der Waals surface area (Å²) in [5.41, 5.74) is 0. The van der Waals surface area contributed by atoms with Gasteiger partial charge in [-0.05, 0) is 49.7 Å². The topological polar surface area (TPSA) is 46.1 Å². The summed E-state index contributed by atoms with van der Waals surface area (Å²) in [5, 5.41) is 10.7. The average Bonchev–Trinajstić information content (AvgIpc) is 3.28. The highest BCUT2D eigenvalue weighted by Crippen LogP contribution is 2.24. The van der Waals surface area contributed by atoms with Crippen molar-refractivity contribution in [3.8, 4) is 0 Å². The maximum absolute atomic E-state index is 4.92. The number of thiophene rings is 1. The summed E-state index contributed by atoms with van der Waals surface area (Å²) in [4.78, 5) is 12.6. The fraction of sp³-hybridized carbons (Fsp3) is 0.773. The second-order valence-electron chi connectivity index (χ2n) is 8.42. The fourth-order valence-electron chi connectivity index (χ4n) is 4.24. The van der Waals surface area contributed by atoms with E-state index in [4.69, 9.17) is 4.99 Å². The van der Waals surface area contributed by atoms with Gasteiger partial charge in [-0.1, -0.05) is 13.8 Å². The Morgan fingerprint density at radius 1 is 1.14 bits per heavy atom. The van der Waals surface area contributed by atoms with E-state index >= 15 is 0 Å². The number of nitrogens with zero attached hydrogens (tertiary/aromatic N) is 4. The molecule has 0 radical (unpaired) electrons. The van der Waals surface area contributed by atoms with Gasteiger partial charge in [0.25, 0.3) is 0 Å². The molecule has 3 heterocycles. The molecule has 2 fully saturated rings. The zero-order chi connectivity index (χ0) is 20.5. The first kappa shape index (κ1) is 22.4. The van der Waals surface area contributed by atoms with Crippen molar-refractivity contribution >= 4 is 22.3 Å². The van der Waals surface area contributed by atoms with Gasteiger partial charge in [-0.15, -0.1) is 11.3 Å². The van der Waals surface area contributed by atoms with E-state index in [0.29, 0.717) is 12.0 Å². The third-order valence-corrected chi connectivity index (χ3v) is 6.97. The van der Waals surface area contributed by atoms with Crippen molar-refractivity contribution < 1.29 is 0 Å². The van der Waals surface area contributed by atoms with Crippen molar-refractivity contribution in [2.75, 3.05) is 70.3 Å². The smallest absolute Gasteiger partial charge is 0.191 e. The molecule has 1 aromatic rings. The Morgan fingerprint density at radius 3 is 2.48 bits per heavy atom. The van der Waals surface area contributed by atoms with Crippen LogP contribution in [0.25, 0.3) is 0 Å². The first-order valence-electron chi connectivity index (χ1n) is 11.5. The summed E-state index contributed by atoms with van der Waals surface area (Å²) in [5.74, 6) is 1.57. The molecular formula is C22H40N6S. The summed E-state index contributed by atoms with van der Waals surface area (Å²) in [6.45, 7) is 17.9. The van der Waals surface area contributed by atoms with Crippen LogP contribution in [0.5, 0.6) is 0 Å². The van der Waals surface area contributed by atoms with Gasteiger partial charge < -0.3 is 25.3 Å². The molecule has 0 saturated carbocycles. The predicted octanol–water partition coefficient (Wildman–Crippen LogP) is 2.55. The van der Waals surface area contributed by atoms with Crippen LogP contribution >= 0.6 is 11.3 Å². The van der Waals surface area contributed by atoms with Gasteiger partial charge in [0.05, 0.1) is 5.00 Å². The van der Waals surface area contributed by atoms with E-state index < -0.39 is 0 Å². The lowest BCUT2D eigenvalue weighted by Gasteiger charge is -2.35. The number of piperidine rings is 1. The van der Waals surface area contributed by atoms with Gasteiger partial charge in [-0.25, -0.2) is 0 Å². The first-order valence-corrected chi connectivity index (χ1v) is 12.3. The molecule has 6 nitrogen and oxygen atoms in total. The maximum atomic E-state index is 4.92. The maximum Gasteiger partial charge on any atom is 0.191 e. The summed E-state index contributed by atoms with van der Waals surface area (Å²) in [6.07, 6.45) is 2.33. The van der Waals surface area contributed by atoms with Crippen molar-refractivity contribution in [3.05, 3.63) is 17.5 Å². The number of hydrogen-bond acceptors (Lipinski definition) is 5. The molecule has 7 heteroatoms. The van der Waals surface area contributed by atoms with Crippen LogP contribution < -0.4 is 15.5 Å². The van der Waals surface area contributed by atoms with Crippen molar-refractivity contribution in [2.45, 2.75) is 39.7 Å². The highest BCUT2D eigenvalue weighted by atomic mass is 32.1. The van der Waals surface area contributed by atoms with Crippen molar-refractivity contribution in [2.24, 2.45) is 10.9 Å². The lowest BCUT2D eigenvalue weighted by molar-refractivity contribution is 0.125. The van der Waals surface area contributed by atoms with Crippen LogP contribution in [0.2, 0.25) is 0 Å². The number of hydrogen-bond donors (Lipinski definition) is 2. The Kier molecular flexibility index (Phi) is 9.08. The molecule has 1 aromatic heterocycles. The molecule has 29 heavy (non-hydrogen) atoms. The van der Waals surface area contributed by atoms with Crippen LogP contribution in [0.4, 0.5) is 5.00 Å². The summed E-state index contributed by atoms with van der Waals surface area (Å²) >= 11 is 1.84. The van der Waals surface area contributed by atoms with Crippen LogP contribution in [0.3, 0.4) is 0 Å². The van der Waals surface area contributed by atoms with E-state index in [1.807, 2.05) is 11.3 Å². The fourth-order valence-corrected chi connectivity index (χ4v) is 5.03. The van der Waals surface area contributed by atoms with E-state index in [0.717, 1.165) is 38.7 Å². The minimum absolute atomic E-state index is 0.515. The SMILES string of the molecule is CCNC(=NCC(C)CN1CCN(CC)CC1)NC1CCN(c2cccs2)CC1. The molecule has 0 amide bonds. The molecule has 1 atom stereocenters. The zero-order valence-electron chi connectivity index (χ0n) is 18.6. The standard InChI is InChI=1S/C22H40N6S/c1-4-23-22(24-17-19(3)18-27-14-12-26(5-2)13-15-27)25-20-8-10-28(11-9-20)21-7-6-16-29-21/h6-7,16,19-20H,4-5,8-15,17-18H2,1-3H3,(H2,23,24,25). The van der Waals surface area contributed by atoms with E-state index in [9.17, 15) is 0 Å². The van der Waals surface area contributed by atoms with Crippen LogP contribution in [-0.2, 0) is 0 Å². The van der Waals surface area contributed by atoms with E-state index in [-0.39, 0.29) is 0 Å². The molecule has 2 N–H and O–H groups in total. The first-order chi connectivity index (χ1) is 14.2. The van der Waals surface area contributed by atoms with Crippen LogP contribution in [0.1, 0.15) is 33.6 Å². The lowest BCUT2D eigenvalue weighted by Crippen LogP contribution is -2.49. The Morgan fingerprint density at radius 2 is 1.86 bits per heavy atom. The van der Waals surface area contributed by atoms with E-state index in [1.165, 1.54) is 50.6 Å². The third-order valence-electron chi connectivity index (χ3n) is 6.04.